The third-order valence-corrected chi connectivity index (χ3v) is 5.63. The number of cyclic esters (lactones) is 1. The van der Waals surface area contributed by atoms with Gasteiger partial charge >= 0.3 is 6.09 Å². The number of aliphatic hydroxyl groups excluding tert-OH is 1. The number of carbonyl (C=O) groups excluding carboxylic acids is 2. The summed E-state index contributed by atoms with van der Waals surface area (Å²) in [6, 6.07) is 2.64. The molecule has 11 heteroatoms. The van der Waals surface area contributed by atoms with Crippen molar-refractivity contribution in [2.45, 2.75) is 12.1 Å². The lowest BCUT2D eigenvalue weighted by Crippen LogP contribution is -2.56. The van der Waals surface area contributed by atoms with E-state index in [1.54, 1.807) is 4.90 Å². The van der Waals surface area contributed by atoms with Crippen LogP contribution in [0.5, 0.6) is 0 Å². The Labute approximate surface area is 172 Å². The van der Waals surface area contributed by atoms with Crippen LogP contribution in [-0.4, -0.2) is 93.2 Å². The summed E-state index contributed by atoms with van der Waals surface area (Å²) >= 11 is 0. The highest BCUT2D eigenvalue weighted by Crippen LogP contribution is 2.31. The summed E-state index contributed by atoms with van der Waals surface area (Å²) in [7, 11) is 0. The molecule has 0 spiro atoms. The van der Waals surface area contributed by atoms with Gasteiger partial charge in [-0.1, -0.05) is 0 Å². The predicted octanol–water partition coefficient (Wildman–Crippen LogP) is -0.0807. The molecule has 3 aliphatic rings. The number of carbonyl (C=O) groups is 2. The number of aliphatic hydroxyl groups is 1. The Bertz CT molecular complexity index is 791. The lowest BCUT2D eigenvalue weighted by atomic mass is 10.1. The van der Waals surface area contributed by atoms with E-state index in [1.165, 1.54) is 0 Å². The standard InChI is InChI=1S/C19H24F2N4O5/c20-15-5-12(25-8-14(30-19(25)28)7-22-17(27)9-26)6-16(21)18(15)24-3-1-23(2-4-24)13-10-29-11-13/h5-6,13-14,26H,1-4,7-11H2,(H,22,27)/t14-/m0/s1. The topological polar surface area (TPSA) is 94.6 Å². The van der Waals surface area contributed by atoms with E-state index < -0.39 is 36.3 Å². The first kappa shape index (κ1) is 20.8. The number of benzene rings is 1. The SMILES string of the molecule is O=C(CO)NC[C@H]1CN(c2cc(F)c(N3CCN(C4COC4)CC3)c(F)c2)C(=O)O1. The summed E-state index contributed by atoms with van der Waals surface area (Å²) in [6.45, 7) is 3.17. The zero-order valence-electron chi connectivity index (χ0n) is 16.4. The maximum atomic E-state index is 14.8. The summed E-state index contributed by atoms with van der Waals surface area (Å²) in [4.78, 5) is 28.3. The lowest BCUT2D eigenvalue weighted by molar-refractivity contribution is -0.124. The van der Waals surface area contributed by atoms with Crippen molar-refractivity contribution in [2.75, 3.05) is 68.9 Å². The minimum atomic E-state index is -0.749. The molecule has 1 atom stereocenters. The third kappa shape index (κ3) is 4.18. The van der Waals surface area contributed by atoms with Gasteiger partial charge in [0, 0.05) is 38.3 Å². The first-order valence-electron chi connectivity index (χ1n) is 9.87. The van der Waals surface area contributed by atoms with Crippen molar-refractivity contribution in [1.82, 2.24) is 10.2 Å². The van der Waals surface area contributed by atoms with Crippen molar-refractivity contribution in [1.29, 1.82) is 0 Å². The number of piperazine rings is 1. The van der Waals surface area contributed by atoms with Gasteiger partial charge in [0.1, 0.15) is 18.4 Å². The Balaban J connectivity index is 1.41. The van der Waals surface area contributed by atoms with E-state index >= 15 is 0 Å². The largest absolute Gasteiger partial charge is 0.442 e. The van der Waals surface area contributed by atoms with Gasteiger partial charge in [-0.05, 0) is 0 Å². The van der Waals surface area contributed by atoms with Crippen molar-refractivity contribution in [3.63, 3.8) is 0 Å². The van der Waals surface area contributed by atoms with Crippen LogP contribution in [0, 0.1) is 11.6 Å². The van der Waals surface area contributed by atoms with E-state index in [0.717, 1.165) is 17.0 Å². The Hall–Kier alpha value is -2.50. The molecule has 164 valence electrons. The quantitative estimate of drug-likeness (QED) is 0.657. The highest BCUT2D eigenvalue weighted by Gasteiger charge is 2.35. The van der Waals surface area contributed by atoms with Gasteiger partial charge in [0.25, 0.3) is 0 Å². The Kier molecular flexibility index (Phi) is 6.02. The summed E-state index contributed by atoms with van der Waals surface area (Å²) < 4.78 is 40.0. The van der Waals surface area contributed by atoms with Crippen molar-refractivity contribution >= 4 is 23.4 Å². The molecule has 0 bridgehead atoms. The smallest absolute Gasteiger partial charge is 0.414 e. The van der Waals surface area contributed by atoms with Crippen molar-refractivity contribution in [3.8, 4) is 0 Å². The zero-order chi connectivity index (χ0) is 21.3. The van der Waals surface area contributed by atoms with Gasteiger partial charge in [0.05, 0.1) is 38.0 Å². The molecule has 4 rings (SSSR count). The molecule has 0 saturated carbocycles. The Morgan fingerprint density at radius 1 is 1.17 bits per heavy atom. The van der Waals surface area contributed by atoms with Gasteiger partial charge < -0.3 is 24.8 Å². The number of amides is 2. The second kappa shape index (κ2) is 8.70. The molecule has 0 radical (unpaired) electrons. The van der Waals surface area contributed by atoms with E-state index in [9.17, 15) is 18.4 Å². The summed E-state index contributed by atoms with van der Waals surface area (Å²) in [5.41, 5.74) is -0.0393. The fraction of sp³-hybridized carbons (Fsp3) is 0.579. The van der Waals surface area contributed by atoms with Gasteiger partial charge in [-0.15, -0.1) is 0 Å². The molecule has 1 aromatic carbocycles. The second-order valence-corrected chi connectivity index (χ2v) is 7.55. The molecule has 9 nitrogen and oxygen atoms in total. The molecule has 3 fully saturated rings. The first-order chi connectivity index (χ1) is 14.5. The fourth-order valence-corrected chi connectivity index (χ4v) is 3.88. The van der Waals surface area contributed by atoms with Crippen LogP contribution in [0.2, 0.25) is 0 Å². The van der Waals surface area contributed by atoms with Crippen LogP contribution >= 0.6 is 0 Å². The van der Waals surface area contributed by atoms with Crippen LogP contribution in [0.4, 0.5) is 25.0 Å². The third-order valence-electron chi connectivity index (χ3n) is 5.63. The molecular weight excluding hydrogens is 402 g/mol. The average molecular weight is 426 g/mol. The normalized spacial score (nSPS) is 22.8. The van der Waals surface area contributed by atoms with Crippen LogP contribution in [0.3, 0.4) is 0 Å². The molecule has 3 heterocycles. The average Bonchev–Trinajstić information content (AvgIpc) is 3.06. The van der Waals surface area contributed by atoms with E-state index in [2.05, 4.69) is 10.2 Å². The number of rotatable bonds is 6. The van der Waals surface area contributed by atoms with Crippen molar-refractivity contribution in [2.24, 2.45) is 0 Å². The monoisotopic (exact) mass is 426 g/mol. The number of hydrogen-bond donors (Lipinski definition) is 2. The molecule has 3 saturated heterocycles. The molecule has 2 amide bonds. The summed E-state index contributed by atoms with van der Waals surface area (Å²) in [5.74, 6) is -2.08. The van der Waals surface area contributed by atoms with E-state index in [1.807, 2.05) is 0 Å². The number of nitrogens with one attached hydrogen (secondary N) is 1. The summed E-state index contributed by atoms with van der Waals surface area (Å²) in [5, 5.41) is 11.1. The van der Waals surface area contributed by atoms with E-state index in [4.69, 9.17) is 14.6 Å². The van der Waals surface area contributed by atoms with Crippen LogP contribution in [0.1, 0.15) is 0 Å². The molecule has 2 N–H and O–H groups in total. The number of ether oxygens (including phenoxy) is 2. The molecule has 0 aliphatic carbocycles. The number of halogens is 2. The highest BCUT2D eigenvalue weighted by molar-refractivity contribution is 5.90. The number of nitrogens with zero attached hydrogens (tertiary/aromatic N) is 3. The Morgan fingerprint density at radius 2 is 1.83 bits per heavy atom. The lowest BCUT2D eigenvalue weighted by Gasteiger charge is -2.43. The molecule has 3 aliphatic heterocycles. The van der Waals surface area contributed by atoms with Crippen molar-refractivity contribution < 1.29 is 33.0 Å². The Morgan fingerprint density at radius 3 is 2.40 bits per heavy atom. The minimum Gasteiger partial charge on any atom is -0.442 e. The summed E-state index contributed by atoms with van der Waals surface area (Å²) in [6.07, 6.45) is -1.43. The van der Waals surface area contributed by atoms with E-state index in [0.29, 0.717) is 45.4 Å². The maximum absolute atomic E-state index is 14.8. The van der Waals surface area contributed by atoms with Gasteiger partial charge in [0.15, 0.2) is 11.6 Å². The second-order valence-electron chi connectivity index (χ2n) is 7.55. The van der Waals surface area contributed by atoms with Gasteiger partial charge in [-0.25, -0.2) is 13.6 Å². The molecule has 0 unspecified atom stereocenters. The van der Waals surface area contributed by atoms with E-state index in [-0.39, 0.29) is 24.5 Å². The number of hydrogen-bond acceptors (Lipinski definition) is 7. The molecular formula is C19H24F2N4O5. The van der Waals surface area contributed by atoms with Crippen LogP contribution < -0.4 is 15.1 Å². The molecule has 1 aromatic rings. The van der Waals surface area contributed by atoms with Crippen LogP contribution in [0.25, 0.3) is 0 Å². The predicted molar refractivity (Wildman–Crippen MR) is 102 cm³/mol. The van der Waals surface area contributed by atoms with Crippen molar-refractivity contribution in [3.05, 3.63) is 23.8 Å². The maximum Gasteiger partial charge on any atom is 0.414 e. The molecule has 30 heavy (non-hydrogen) atoms. The van der Waals surface area contributed by atoms with Gasteiger partial charge in [0.2, 0.25) is 5.91 Å². The van der Waals surface area contributed by atoms with Crippen LogP contribution in [-0.2, 0) is 14.3 Å². The zero-order valence-corrected chi connectivity index (χ0v) is 16.4. The fourth-order valence-electron chi connectivity index (χ4n) is 3.88. The first-order valence-corrected chi connectivity index (χ1v) is 9.87. The van der Waals surface area contributed by atoms with Gasteiger partial charge in [-0.2, -0.15) is 0 Å². The molecule has 0 aromatic heterocycles. The number of anilines is 2. The van der Waals surface area contributed by atoms with Crippen LogP contribution in [0.15, 0.2) is 12.1 Å². The minimum absolute atomic E-state index is 0.000985. The van der Waals surface area contributed by atoms with Gasteiger partial charge in [-0.3, -0.25) is 14.6 Å². The highest BCUT2D eigenvalue weighted by atomic mass is 19.1.